The number of aryl methyl sites for hydroxylation is 1. The number of rotatable bonds is 6. The zero-order valence-corrected chi connectivity index (χ0v) is 21.2. The monoisotopic (exact) mass is 522 g/mol. The van der Waals surface area contributed by atoms with Gasteiger partial charge in [-0.05, 0) is 43.5 Å². The van der Waals surface area contributed by atoms with Crippen molar-refractivity contribution in [1.29, 1.82) is 0 Å². The van der Waals surface area contributed by atoms with Crippen LogP contribution in [-0.2, 0) is 30.8 Å². The van der Waals surface area contributed by atoms with Crippen LogP contribution < -0.4 is 5.32 Å². The van der Waals surface area contributed by atoms with E-state index in [1.807, 2.05) is 25.1 Å². The molecule has 2 aromatic carbocycles. The van der Waals surface area contributed by atoms with Crippen molar-refractivity contribution >= 4 is 27.5 Å². The number of benzene rings is 2. The molecule has 0 bridgehead atoms. The lowest BCUT2D eigenvalue weighted by Gasteiger charge is -2.43. The number of nitrogens with one attached hydrogen (secondary N) is 1. The highest BCUT2D eigenvalue weighted by Gasteiger charge is 2.43. The number of carbonyl (C=O) groups excluding carboxylic acids is 1. The molecule has 0 aliphatic carbocycles. The maximum absolute atomic E-state index is 13.5. The summed E-state index contributed by atoms with van der Waals surface area (Å²) in [7, 11) is -3.86. The predicted octanol–water partition coefficient (Wildman–Crippen LogP) is 2.65. The number of amides is 1. The second-order valence-electron chi connectivity index (χ2n) is 9.09. The van der Waals surface area contributed by atoms with Gasteiger partial charge in [0, 0.05) is 18.1 Å². The first-order valence-electron chi connectivity index (χ1n) is 11.7. The van der Waals surface area contributed by atoms with Gasteiger partial charge in [0.15, 0.2) is 0 Å². The zero-order valence-electron chi connectivity index (χ0n) is 19.6. The molecule has 4 atom stereocenters. The summed E-state index contributed by atoms with van der Waals surface area (Å²) in [6.45, 7) is 2.28. The molecule has 2 aromatic rings. The van der Waals surface area contributed by atoms with E-state index in [4.69, 9.17) is 21.1 Å². The molecule has 2 aliphatic rings. The molecule has 0 aromatic heterocycles. The minimum Gasteiger partial charge on any atom is -0.389 e. The third kappa shape index (κ3) is 6.41. The number of fused-ring (bicyclic) bond motifs is 1. The fourth-order valence-corrected chi connectivity index (χ4v) is 6.45. The van der Waals surface area contributed by atoms with Gasteiger partial charge >= 0.3 is 0 Å². The summed E-state index contributed by atoms with van der Waals surface area (Å²) in [4.78, 5) is 12.7. The Labute approximate surface area is 211 Å². The van der Waals surface area contributed by atoms with Crippen LogP contribution in [0, 0.1) is 6.92 Å². The van der Waals surface area contributed by atoms with Crippen LogP contribution in [0.5, 0.6) is 0 Å². The third-order valence-electron chi connectivity index (χ3n) is 6.41. The number of sulfonamides is 1. The van der Waals surface area contributed by atoms with E-state index in [1.54, 1.807) is 30.3 Å². The first-order chi connectivity index (χ1) is 16.7. The number of halogens is 1. The Balaban J connectivity index is 1.43. The highest BCUT2D eigenvalue weighted by molar-refractivity contribution is 7.89. The van der Waals surface area contributed by atoms with E-state index in [0.29, 0.717) is 24.4 Å². The predicted molar refractivity (Wildman–Crippen MR) is 131 cm³/mol. The quantitative estimate of drug-likeness (QED) is 0.604. The minimum atomic E-state index is -3.86. The van der Waals surface area contributed by atoms with E-state index < -0.39 is 28.3 Å². The number of ether oxygens (including phenoxy) is 2. The van der Waals surface area contributed by atoms with E-state index >= 15 is 0 Å². The van der Waals surface area contributed by atoms with Gasteiger partial charge in [-0.3, -0.25) is 4.79 Å². The summed E-state index contributed by atoms with van der Waals surface area (Å²) in [6.07, 6.45) is -0.687. The Bertz CT molecular complexity index is 1130. The first-order valence-corrected chi connectivity index (χ1v) is 13.6. The Morgan fingerprint density at radius 3 is 2.63 bits per heavy atom. The van der Waals surface area contributed by atoms with Crippen molar-refractivity contribution in [2.45, 2.75) is 62.0 Å². The summed E-state index contributed by atoms with van der Waals surface area (Å²) in [5.74, 6) is -0.167. The van der Waals surface area contributed by atoms with Gasteiger partial charge in [-0.25, -0.2) is 8.42 Å². The van der Waals surface area contributed by atoms with Crippen LogP contribution in [0.3, 0.4) is 0 Å². The van der Waals surface area contributed by atoms with Crippen LogP contribution >= 0.6 is 11.6 Å². The van der Waals surface area contributed by atoms with Crippen molar-refractivity contribution in [2.24, 2.45) is 0 Å². The lowest BCUT2D eigenvalue weighted by molar-refractivity contribution is -0.146. The molecular formula is C25H31ClN2O6S. The summed E-state index contributed by atoms with van der Waals surface area (Å²) < 4.78 is 40.2. The number of β-amino-alcohol motifs (C(OH)–C–C–N with tert-alkyl or cyclic N) is 1. The molecule has 4 rings (SSSR count). The molecule has 190 valence electrons. The van der Waals surface area contributed by atoms with E-state index in [0.717, 1.165) is 11.1 Å². The number of aliphatic hydroxyl groups is 1. The molecule has 0 radical (unpaired) electrons. The standard InChI is InChI=1S/C25H31ClN2O6S/c1-17-6-9-21(10-7-17)35(31,32)28-14-19(29)15-33-16-24-23(28)11-8-20(34-24)12-25(30)27-13-18-4-2-3-5-22(18)26/h2-7,9-10,19-20,23-24,29H,8,11-16H2,1H3,(H,27,30)/t19-,20+,23+,24-/m1/s1. The molecule has 0 spiro atoms. The van der Waals surface area contributed by atoms with Gasteiger partial charge in [0.2, 0.25) is 15.9 Å². The van der Waals surface area contributed by atoms with Gasteiger partial charge in [0.25, 0.3) is 0 Å². The largest absolute Gasteiger partial charge is 0.389 e. The second kappa shape index (κ2) is 11.4. The number of hydrogen-bond donors (Lipinski definition) is 2. The molecule has 1 amide bonds. The molecule has 2 heterocycles. The van der Waals surface area contributed by atoms with Gasteiger partial charge in [-0.1, -0.05) is 47.5 Å². The Morgan fingerprint density at radius 1 is 1.14 bits per heavy atom. The minimum absolute atomic E-state index is 0.00941. The molecule has 8 nitrogen and oxygen atoms in total. The van der Waals surface area contributed by atoms with Crippen molar-refractivity contribution in [2.75, 3.05) is 19.8 Å². The summed E-state index contributed by atoms with van der Waals surface area (Å²) in [5, 5.41) is 13.8. The Kier molecular flexibility index (Phi) is 8.46. The summed E-state index contributed by atoms with van der Waals surface area (Å²) in [5.41, 5.74) is 1.79. The first kappa shape index (κ1) is 26.1. The maximum atomic E-state index is 13.5. The van der Waals surface area contributed by atoms with Gasteiger partial charge < -0.3 is 19.9 Å². The summed E-state index contributed by atoms with van der Waals surface area (Å²) in [6, 6.07) is 13.5. The van der Waals surface area contributed by atoms with Gasteiger partial charge in [-0.15, -0.1) is 0 Å². The third-order valence-corrected chi connectivity index (χ3v) is 8.68. The average Bonchev–Trinajstić information content (AvgIpc) is 2.81. The van der Waals surface area contributed by atoms with Crippen molar-refractivity contribution in [3.05, 3.63) is 64.7 Å². The van der Waals surface area contributed by atoms with Gasteiger partial charge in [0.1, 0.15) is 0 Å². The molecular weight excluding hydrogens is 492 g/mol. The van der Waals surface area contributed by atoms with Crippen molar-refractivity contribution in [3.8, 4) is 0 Å². The number of nitrogens with zero attached hydrogens (tertiary/aromatic N) is 1. The topological polar surface area (TPSA) is 105 Å². The Hall–Kier alpha value is -2.01. The Morgan fingerprint density at radius 2 is 1.89 bits per heavy atom. The van der Waals surface area contributed by atoms with Crippen LogP contribution in [0.2, 0.25) is 5.02 Å². The summed E-state index contributed by atoms with van der Waals surface area (Å²) >= 11 is 6.16. The molecule has 0 saturated carbocycles. The van der Waals surface area contributed by atoms with Crippen molar-refractivity contribution in [3.63, 3.8) is 0 Å². The highest BCUT2D eigenvalue weighted by atomic mass is 35.5. The van der Waals surface area contributed by atoms with Crippen LogP contribution in [-0.4, -0.2) is 67.8 Å². The fraction of sp³-hybridized carbons (Fsp3) is 0.480. The van der Waals surface area contributed by atoms with E-state index in [9.17, 15) is 18.3 Å². The lowest BCUT2D eigenvalue weighted by atomic mass is 9.96. The van der Waals surface area contributed by atoms with Crippen molar-refractivity contribution < 1.29 is 27.8 Å². The number of aliphatic hydroxyl groups excluding tert-OH is 1. The fourth-order valence-electron chi connectivity index (χ4n) is 4.53. The lowest BCUT2D eigenvalue weighted by Crippen LogP contribution is -2.57. The van der Waals surface area contributed by atoms with Crippen molar-refractivity contribution in [1.82, 2.24) is 9.62 Å². The molecule has 35 heavy (non-hydrogen) atoms. The van der Waals surface area contributed by atoms with Gasteiger partial charge in [0.05, 0.1) is 48.9 Å². The highest BCUT2D eigenvalue weighted by Crippen LogP contribution is 2.31. The number of hydrogen-bond acceptors (Lipinski definition) is 6. The maximum Gasteiger partial charge on any atom is 0.243 e. The van der Waals surface area contributed by atoms with Gasteiger partial charge in [-0.2, -0.15) is 4.31 Å². The van der Waals surface area contributed by atoms with E-state index in [2.05, 4.69) is 5.32 Å². The molecule has 2 N–H and O–H groups in total. The molecule has 2 aliphatic heterocycles. The van der Waals surface area contributed by atoms with E-state index in [1.165, 1.54) is 4.31 Å². The average molecular weight is 523 g/mol. The molecule has 2 saturated heterocycles. The molecule has 2 fully saturated rings. The SMILES string of the molecule is Cc1ccc(S(=O)(=O)N2C[C@@H](O)COC[C@H]3O[C@H](CC(=O)NCc4ccccc4Cl)CC[C@@H]32)cc1. The smallest absolute Gasteiger partial charge is 0.243 e. The van der Waals surface area contributed by atoms with Crippen LogP contribution in [0.4, 0.5) is 0 Å². The molecule has 0 unspecified atom stereocenters. The van der Waals surface area contributed by atoms with Crippen LogP contribution in [0.15, 0.2) is 53.4 Å². The second-order valence-corrected chi connectivity index (χ2v) is 11.4. The molecule has 10 heteroatoms. The normalized spacial score (nSPS) is 25.8. The number of carbonyl (C=O) groups is 1. The van der Waals surface area contributed by atoms with E-state index in [-0.39, 0.29) is 43.1 Å². The van der Waals surface area contributed by atoms with Crippen LogP contribution in [0.25, 0.3) is 0 Å². The van der Waals surface area contributed by atoms with Crippen LogP contribution in [0.1, 0.15) is 30.4 Å². The zero-order chi connectivity index (χ0) is 25.0.